The molecule has 0 bridgehead atoms. The lowest BCUT2D eigenvalue weighted by atomic mass is 10.3. The van der Waals surface area contributed by atoms with Gasteiger partial charge in [-0.3, -0.25) is 14.5 Å². The van der Waals surface area contributed by atoms with Crippen molar-refractivity contribution in [3.05, 3.63) is 66.4 Å². The Morgan fingerprint density at radius 1 is 1.14 bits per heavy atom. The van der Waals surface area contributed by atoms with Crippen LogP contribution in [0.2, 0.25) is 0 Å². The first-order valence-corrected chi connectivity index (χ1v) is 9.41. The Balaban J connectivity index is 1.46. The molecule has 1 N–H and O–H groups in total. The van der Waals surface area contributed by atoms with Crippen LogP contribution in [0.25, 0.3) is 0 Å². The number of halogens is 1. The van der Waals surface area contributed by atoms with Gasteiger partial charge >= 0.3 is 0 Å². The van der Waals surface area contributed by atoms with Crippen molar-refractivity contribution in [2.75, 3.05) is 39.3 Å². The zero-order valence-corrected chi connectivity index (χ0v) is 16.1. The van der Waals surface area contributed by atoms with E-state index in [2.05, 4.69) is 11.9 Å². The summed E-state index contributed by atoms with van der Waals surface area (Å²) < 4.78 is 24.0. The van der Waals surface area contributed by atoms with Crippen LogP contribution in [0.15, 0.2) is 53.5 Å². The van der Waals surface area contributed by atoms with E-state index >= 15 is 0 Å². The summed E-state index contributed by atoms with van der Waals surface area (Å²) in [6, 6.07) is 9.00. The number of hydrogen-bond donors (Lipinski definition) is 1. The fraction of sp³-hybridized carbons (Fsp3) is 0.333. The average molecular weight is 401 g/mol. The molecule has 7 nitrogen and oxygen atoms in total. The smallest absolute Gasteiger partial charge is 0.289 e. The normalized spacial score (nSPS) is 14.4. The minimum absolute atomic E-state index is 0.0542. The molecule has 2 heterocycles. The van der Waals surface area contributed by atoms with E-state index in [1.807, 2.05) is 4.90 Å². The summed E-state index contributed by atoms with van der Waals surface area (Å²) in [5.41, 5.74) is 0. The summed E-state index contributed by atoms with van der Waals surface area (Å²) in [7, 11) is 0. The van der Waals surface area contributed by atoms with Gasteiger partial charge in [0, 0.05) is 32.7 Å². The Kier molecular flexibility index (Phi) is 7.02. The van der Waals surface area contributed by atoms with Crippen LogP contribution in [-0.4, -0.2) is 60.9 Å². The summed E-state index contributed by atoms with van der Waals surface area (Å²) in [4.78, 5) is 28.1. The Bertz CT molecular complexity index is 842. The molecule has 0 atom stereocenters. The molecule has 8 heteroatoms. The van der Waals surface area contributed by atoms with E-state index in [9.17, 15) is 14.0 Å². The number of rotatable bonds is 8. The van der Waals surface area contributed by atoms with Gasteiger partial charge in [0.15, 0.2) is 5.76 Å². The molecule has 3 rings (SSSR count). The second-order valence-electron chi connectivity index (χ2n) is 6.67. The monoisotopic (exact) mass is 401 g/mol. The van der Waals surface area contributed by atoms with Gasteiger partial charge in [-0.15, -0.1) is 6.58 Å². The first-order chi connectivity index (χ1) is 14.0. The summed E-state index contributed by atoms with van der Waals surface area (Å²) in [5, 5.41) is 2.74. The van der Waals surface area contributed by atoms with Crippen LogP contribution in [0.5, 0.6) is 5.75 Å². The van der Waals surface area contributed by atoms with E-state index in [-0.39, 0.29) is 30.0 Å². The van der Waals surface area contributed by atoms with Crippen LogP contribution < -0.4 is 10.1 Å². The molecule has 2 aromatic rings. The van der Waals surface area contributed by atoms with Crippen LogP contribution in [0.1, 0.15) is 16.3 Å². The molecule has 0 unspecified atom stereocenters. The second-order valence-corrected chi connectivity index (χ2v) is 6.67. The summed E-state index contributed by atoms with van der Waals surface area (Å²) in [6.45, 7) is 6.75. The topological polar surface area (TPSA) is 75.0 Å². The molecule has 2 amide bonds. The third-order valence-electron chi connectivity index (χ3n) is 4.54. The Morgan fingerprint density at radius 2 is 1.86 bits per heavy atom. The maximum atomic E-state index is 12.9. The predicted molar refractivity (Wildman–Crippen MR) is 105 cm³/mol. The molecule has 1 fully saturated rings. The van der Waals surface area contributed by atoms with Gasteiger partial charge in [0.05, 0.1) is 6.54 Å². The zero-order chi connectivity index (χ0) is 20.6. The number of amides is 2. The van der Waals surface area contributed by atoms with E-state index < -0.39 is 0 Å². The van der Waals surface area contributed by atoms with Gasteiger partial charge in [-0.1, -0.05) is 6.08 Å². The quantitative estimate of drug-likeness (QED) is 0.686. The number of carbonyl (C=O) groups is 2. The van der Waals surface area contributed by atoms with Crippen molar-refractivity contribution in [1.29, 1.82) is 0 Å². The fourth-order valence-electron chi connectivity index (χ4n) is 2.97. The molecule has 1 aliphatic heterocycles. The highest BCUT2D eigenvalue weighted by Crippen LogP contribution is 2.16. The Labute approximate surface area is 168 Å². The van der Waals surface area contributed by atoms with E-state index in [4.69, 9.17) is 9.15 Å². The maximum absolute atomic E-state index is 12.9. The molecule has 1 saturated heterocycles. The third-order valence-corrected chi connectivity index (χ3v) is 4.54. The zero-order valence-electron chi connectivity index (χ0n) is 16.1. The molecule has 0 radical (unpaired) electrons. The standard InChI is InChI=1S/C21H24FN3O4/c1-2-9-23-20(26)14-24-10-12-25(13-11-24)21(27)19-8-7-18(29-19)15-28-17-5-3-16(22)4-6-17/h2-8H,1,9-15H2,(H,23,26). The molecule has 1 aromatic heterocycles. The van der Waals surface area contributed by atoms with Gasteiger partial charge < -0.3 is 19.4 Å². The fourth-order valence-corrected chi connectivity index (χ4v) is 2.97. The molecule has 0 saturated carbocycles. The number of nitrogens with one attached hydrogen (secondary N) is 1. The van der Waals surface area contributed by atoms with Gasteiger partial charge in [-0.2, -0.15) is 0 Å². The summed E-state index contributed by atoms with van der Waals surface area (Å²) >= 11 is 0. The van der Waals surface area contributed by atoms with Crippen LogP contribution in [0.3, 0.4) is 0 Å². The van der Waals surface area contributed by atoms with Crippen molar-refractivity contribution in [3.63, 3.8) is 0 Å². The number of hydrogen-bond acceptors (Lipinski definition) is 5. The van der Waals surface area contributed by atoms with E-state index in [1.54, 1.807) is 23.1 Å². The minimum atomic E-state index is -0.333. The largest absolute Gasteiger partial charge is 0.486 e. The lowest BCUT2D eigenvalue weighted by Gasteiger charge is -2.33. The predicted octanol–water partition coefficient (Wildman–Crippen LogP) is 2.06. The van der Waals surface area contributed by atoms with Crippen LogP contribution in [-0.2, 0) is 11.4 Å². The van der Waals surface area contributed by atoms with Crippen molar-refractivity contribution >= 4 is 11.8 Å². The van der Waals surface area contributed by atoms with Gasteiger partial charge in [-0.05, 0) is 36.4 Å². The molecule has 29 heavy (non-hydrogen) atoms. The molecule has 154 valence electrons. The number of benzene rings is 1. The summed E-state index contributed by atoms with van der Waals surface area (Å²) in [6.07, 6.45) is 1.64. The van der Waals surface area contributed by atoms with Crippen LogP contribution in [0.4, 0.5) is 4.39 Å². The number of carbonyl (C=O) groups excluding carboxylic acids is 2. The molecular weight excluding hydrogens is 377 g/mol. The van der Waals surface area contributed by atoms with E-state index in [0.717, 1.165) is 0 Å². The average Bonchev–Trinajstić information content (AvgIpc) is 3.21. The lowest BCUT2D eigenvalue weighted by molar-refractivity contribution is -0.122. The summed E-state index contributed by atoms with van der Waals surface area (Å²) in [5.74, 6) is 0.704. The number of ether oxygens (including phenoxy) is 1. The third kappa shape index (κ3) is 5.92. The second kappa shape index (κ2) is 9.88. The van der Waals surface area contributed by atoms with E-state index in [0.29, 0.717) is 50.8 Å². The maximum Gasteiger partial charge on any atom is 0.289 e. The highest BCUT2D eigenvalue weighted by Gasteiger charge is 2.25. The highest BCUT2D eigenvalue weighted by molar-refractivity contribution is 5.91. The van der Waals surface area contributed by atoms with Crippen molar-refractivity contribution in [2.24, 2.45) is 0 Å². The van der Waals surface area contributed by atoms with Gasteiger partial charge in [0.2, 0.25) is 5.91 Å². The van der Waals surface area contributed by atoms with Crippen molar-refractivity contribution in [3.8, 4) is 5.75 Å². The number of piperazine rings is 1. The number of nitrogens with zero attached hydrogens (tertiary/aromatic N) is 2. The van der Waals surface area contributed by atoms with Crippen LogP contribution >= 0.6 is 0 Å². The molecule has 1 aliphatic rings. The lowest BCUT2D eigenvalue weighted by Crippen LogP contribution is -2.51. The minimum Gasteiger partial charge on any atom is -0.486 e. The molecule has 0 aliphatic carbocycles. The van der Waals surface area contributed by atoms with Gasteiger partial charge in [-0.25, -0.2) is 4.39 Å². The first kappa shape index (κ1) is 20.6. The molecule has 0 spiro atoms. The van der Waals surface area contributed by atoms with Crippen LogP contribution in [0, 0.1) is 5.82 Å². The SMILES string of the molecule is C=CCNC(=O)CN1CCN(C(=O)c2ccc(COc3ccc(F)cc3)o2)CC1. The molecular formula is C21H24FN3O4. The highest BCUT2D eigenvalue weighted by atomic mass is 19.1. The molecule has 1 aromatic carbocycles. The van der Waals surface area contributed by atoms with Crippen molar-refractivity contribution in [1.82, 2.24) is 15.1 Å². The van der Waals surface area contributed by atoms with Gasteiger partial charge in [0.1, 0.15) is 23.9 Å². The number of furan rings is 1. The van der Waals surface area contributed by atoms with Crippen molar-refractivity contribution < 1.29 is 23.1 Å². The van der Waals surface area contributed by atoms with E-state index in [1.165, 1.54) is 24.3 Å². The Morgan fingerprint density at radius 3 is 2.55 bits per heavy atom. The Hall–Kier alpha value is -3.13. The first-order valence-electron chi connectivity index (χ1n) is 9.41. The van der Waals surface area contributed by atoms with Crippen molar-refractivity contribution in [2.45, 2.75) is 6.61 Å². The van der Waals surface area contributed by atoms with Gasteiger partial charge in [0.25, 0.3) is 5.91 Å².